The Morgan fingerprint density at radius 3 is 2.52 bits per heavy atom. The summed E-state index contributed by atoms with van der Waals surface area (Å²) >= 11 is 1.54. The second-order valence-corrected chi connectivity index (χ2v) is 7.99. The van der Waals surface area contributed by atoms with Crippen LogP contribution >= 0.6 is 11.3 Å². The number of alkyl halides is 1. The van der Waals surface area contributed by atoms with Crippen LogP contribution in [0, 0.1) is 20.8 Å². The second-order valence-electron chi connectivity index (χ2n) is 6.78. The molecule has 0 fully saturated rings. The zero-order valence-electron chi connectivity index (χ0n) is 15.3. The van der Waals surface area contributed by atoms with Gasteiger partial charge in [0, 0.05) is 16.4 Å². The molecule has 0 amide bonds. The third kappa shape index (κ3) is 3.01. The highest BCUT2D eigenvalue weighted by Crippen LogP contribution is 2.36. The molecule has 25 heavy (non-hydrogen) atoms. The maximum atomic E-state index is 13.2. The van der Waals surface area contributed by atoms with E-state index in [4.69, 9.17) is 4.98 Å². The van der Waals surface area contributed by atoms with Gasteiger partial charge in [-0.05, 0) is 37.5 Å². The maximum Gasteiger partial charge on any atom is 0.263 e. The lowest BCUT2D eigenvalue weighted by Gasteiger charge is -2.14. The van der Waals surface area contributed by atoms with Gasteiger partial charge in [-0.25, -0.2) is 9.37 Å². The molecule has 0 bridgehead atoms. The van der Waals surface area contributed by atoms with Crippen molar-refractivity contribution in [2.24, 2.45) is 0 Å². The molecule has 0 saturated heterocycles. The lowest BCUT2D eigenvalue weighted by Crippen LogP contribution is -2.26. The maximum absolute atomic E-state index is 13.2. The normalized spacial score (nSPS) is 11.6. The van der Waals surface area contributed by atoms with Crippen molar-refractivity contribution in [2.45, 2.75) is 47.1 Å². The van der Waals surface area contributed by atoms with Crippen molar-refractivity contribution in [3.63, 3.8) is 0 Å². The Bertz CT molecular complexity index is 1000. The van der Waals surface area contributed by atoms with E-state index in [0.717, 1.165) is 20.8 Å². The van der Waals surface area contributed by atoms with E-state index in [2.05, 4.69) is 26.0 Å². The second kappa shape index (κ2) is 6.71. The SMILES string of the molecule is Cc1ccc(-c2c(C)sc3nc(C(C)C)n(CCF)c(=O)c23)cc1C. The average Bonchev–Trinajstić information content (AvgIpc) is 2.89. The molecule has 0 aliphatic rings. The van der Waals surface area contributed by atoms with Gasteiger partial charge in [-0.15, -0.1) is 11.3 Å². The molecule has 132 valence electrons. The molecule has 0 N–H and O–H groups in total. The first-order valence-corrected chi connectivity index (χ1v) is 9.34. The number of aromatic nitrogens is 2. The molecule has 3 rings (SSSR count). The first kappa shape index (κ1) is 17.8. The Kier molecular flexibility index (Phi) is 4.78. The zero-order chi connectivity index (χ0) is 18.3. The van der Waals surface area contributed by atoms with Gasteiger partial charge in [0.1, 0.15) is 17.3 Å². The summed E-state index contributed by atoms with van der Waals surface area (Å²) in [6, 6.07) is 6.23. The molecule has 0 radical (unpaired) electrons. The van der Waals surface area contributed by atoms with Crippen molar-refractivity contribution in [3.05, 3.63) is 50.4 Å². The first-order valence-electron chi connectivity index (χ1n) is 8.52. The minimum Gasteiger partial charge on any atom is -0.293 e. The molecule has 0 saturated carbocycles. The van der Waals surface area contributed by atoms with Crippen LogP contribution in [0.5, 0.6) is 0 Å². The van der Waals surface area contributed by atoms with Gasteiger partial charge in [0.25, 0.3) is 5.56 Å². The number of aryl methyl sites for hydroxylation is 3. The van der Waals surface area contributed by atoms with Gasteiger partial charge in [0.05, 0.1) is 11.9 Å². The summed E-state index contributed by atoms with van der Waals surface area (Å²) in [5.74, 6) is 0.721. The fourth-order valence-corrected chi connectivity index (χ4v) is 4.24. The van der Waals surface area contributed by atoms with Crippen LogP contribution in [-0.2, 0) is 6.54 Å². The van der Waals surface area contributed by atoms with Gasteiger partial charge in [0.15, 0.2) is 0 Å². The number of hydrogen-bond donors (Lipinski definition) is 0. The summed E-state index contributed by atoms with van der Waals surface area (Å²) in [6.07, 6.45) is 0. The summed E-state index contributed by atoms with van der Waals surface area (Å²) in [4.78, 5) is 19.7. The highest BCUT2D eigenvalue weighted by Gasteiger charge is 2.21. The highest BCUT2D eigenvalue weighted by atomic mass is 32.1. The van der Waals surface area contributed by atoms with Crippen LogP contribution < -0.4 is 5.56 Å². The summed E-state index contributed by atoms with van der Waals surface area (Å²) in [5.41, 5.74) is 4.23. The number of halogens is 1. The van der Waals surface area contributed by atoms with Crippen molar-refractivity contribution in [1.82, 2.24) is 9.55 Å². The van der Waals surface area contributed by atoms with Crippen LogP contribution in [0.3, 0.4) is 0 Å². The van der Waals surface area contributed by atoms with Crippen molar-refractivity contribution in [3.8, 4) is 11.1 Å². The Hall–Kier alpha value is -2.01. The molecule has 0 aliphatic heterocycles. The molecule has 0 aliphatic carbocycles. The van der Waals surface area contributed by atoms with Gasteiger partial charge in [-0.2, -0.15) is 0 Å². The molecule has 0 unspecified atom stereocenters. The van der Waals surface area contributed by atoms with E-state index in [-0.39, 0.29) is 18.0 Å². The first-order chi connectivity index (χ1) is 11.8. The fraction of sp³-hybridized carbons (Fsp3) is 0.400. The van der Waals surface area contributed by atoms with Crippen molar-refractivity contribution < 1.29 is 4.39 Å². The Morgan fingerprint density at radius 1 is 1.20 bits per heavy atom. The predicted molar refractivity (Wildman–Crippen MR) is 104 cm³/mol. The molecule has 0 spiro atoms. The quantitative estimate of drug-likeness (QED) is 0.647. The third-order valence-corrected chi connectivity index (χ3v) is 5.64. The van der Waals surface area contributed by atoms with E-state index in [1.54, 1.807) is 0 Å². The van der Waals surface area contributed by atoms with Crippen LogP contribution in [0.25, 0.3) is 21.3 Å². The molecule has 3 nitrogen and oxygen atoms in total. The van der Waals surface area contributed by atoms with E-state index in [9.17, 15) is 9.18 Å². The molecular weight excluding hydrogens is 335 g/mol. The largest absolute Gasteiger partial charge is 0.293 e. The van der Waals surface area contributed by atoms with Crippen LogP contribution in [0.1, 0.15) is 41.6 Å². The molecule has 1 aromatic carbocycles. The van der Waals surface area contributed by atoms with Crippen molar-refractivity contribution >= 4 is 21.6 Å². The van der Waals surface area contributed by atoms with Crippen LogP contribution in [0.2, 0.25) is 0 Å². The average molecular weight is 358 g/mol. The summed E-state index contributed by atoms with van der Waals surface area (Å²) in [6.45, 7) is 9.60. The lowest BCUT2D eigenvalue weighted by molar-refractivity contribution is 0.428. The molecule has 2 heterocycles. The monoisotopic (exact) mass is 358 g/mol. The number of thiophene rings is 1. The lowest BCUT2D eigenvalue weighted by atomic mass is 9.99. The predicted octanol–water partition coefficient (Wildman–Crippen LogP) is 5.14. The van der Waals surface area contributed by atoms with Crippen molar-refractivity contribution in [2.75, 3.05) is 6.67 Å². The number of nitrogens with zero attached hydrogens (tertiary/aromatic N) is 2. The smallest absolute Gasteiger partial charge is 0.263 e. The number of fused-ring (bicyclic) bond motifs is 1. The van der Waals surface area contributed by atoms with E-state index in [0.29, 0.717) is 11.2 Å². The summed E-state index contributed by atoms with van der Waals surface area (Å²) < 4.78 is 14.5. The summed E-state index contributed by atoms with van der Waals surface area (Å²) in [7, 11) is 0. The van der Waals surface area contributed by atoms with Gasteiger partial charge >= 0.3 is 0 Å². The van der Waals surface area contributed by atoms with Gasteiger partial charge < -0.3 is 0 Å². The number of hydrogen-bond acceptors (Lipinski definition) is 3. The molecule has 5 heteroatoms. The number of benzene rings is 1. The fourth-order valence-electron chi connectivity index (χ4n) is 3.20. The number of rotatable bonds is 4. The molecular formula is C20H23FN2OS. The van der Waals surface area contributed by atoms with E-state index in [1.807, 2.05) is 26.8 Å². The Balaban J connectivity index is 2.37. The highest BCUT2D eigenvalue weighted by molar-refractivity contribution is 7.19. The van der Waals surface area contributed by atoms with Crippen molar-refractivity contribution in [1.29, 1.82) is 0 Å². The summed E-state index contributed by atoms with van der Waals surface area (Å²) in [5, 5.41) is 0.614. The van der Waals surface area contributed by atoms with Crippen LogP contribution in [0.4, 0.5) is 4.39 Å². The van der Waals surface area contributed by atoms with E-state index in [1.165, 1.54) is 27.0 Å². The Labute approximate surface area is 151 Å². The van der Waals surface area contributed by atoms with Crippen LogP contribution in [0.15, 0.2) is 23.0 Å². The van der Waals surface area contributed by atoms with Gasteiger partial charge in [-0.3, -0.25) is 9.36 Å². The van der Waals surface area contributed by atoms with E-state index < -0.39 is 6.67 Å². The molecule has 3 aromatic rings. The zero-order valence-corrected chi connectivity index (χ0v) is 16.1. The topological polar surface area (TPSA) is 34.9 Å². The van der Waals surface area contributed by atoms with Gasteiger partial charge in [0.2, 0.25) is 0 Å². The third-order valence-electron chi connectivity index (χ3n) is 4.64. The van der Waals surface area contributed by atoms with Gasteiger partial charge in [-0.1, -0.05) is 32.0 Å². The van der Waals surface area contributed by atoms with E-state index >= 15 is 0 Å². The minimum atomic E-state index is -0.574. The standard InChI is InChI=1S/C20H23FN2OS/c1-11(2)18-22-19-17(20(24)23(18)9-8-21)16(14(5)25-19)15-7-6-12(3)13(4)10-15/h6-7,10-11H,8-9H2,1-5H3. The van der Waals surface area contributed by atoms with Crippen LogP contribution in [-0.4, -0.2) is 16.2 Å². The Morgan fingerprint density at radius 2 is 1.92 bits per heavy atom. The molecule has 2 aromatic heterocycles. The molecule has 0 atom stereocenters. The minimum absolute atomic E-state index is 0.0521.